The number of aryl methyl sites for hydroxylation is 3. The summed E-state index contributed by atoms with van der Waals surface area (Å²) in [4.78, 5) is 6.96. The Morgan fingerprint density at radius 3 is 2.34 bits per heavy atom. The molecule has 3 heterocycles. The Balaban J connectivity index is 1.43. The third-order valence-corrected chi connectivity index (χ3v) is 8.25. The van der Waals surface area contributed by atoms with Gasteiger partial charge in [0.15, 0.2) is 5.11 Å². The molecule has 206 valence electrons. The van der Waals surface area contributed by atoms with Crippen LogP contribution in [0.3, 0.4) is 0 Å². The van der Waals surface area contributed by atoms with Gasteiger partial charge >= 0.3 is 0 Å². The lowest BCUT2D eigenvalue weighted by Crippen LogP contribution is -2.29. The van der Waals surface area contributed by atoms with Crippen molar-refractivity contribution >= 4 is 23.0 Å². The number of rotatable bonds is 7. The van der Waals surface area contributed by atoms with Crippen molar-refractivity contribution in [3.63, 3.8) is 0 Å². The van der Waals surface area contributed by atoms with Crippen LogP contribution >= 0.6 is 12.2 Å². The van der Waals surface area contributed by atoms with Crippen molar-refractivity contribution in [2.24, 2.45) is 0 Å². The van der Waals surface area contributed by atoms with Gasteiger partial charge in [0, 0.05) is 29.0 Å². The molecule has 2 aromatic heterocycles. The van der Waals surface area contributed by atoms with Crippen molar-refractivity contribution in [2.45, 2.75) is 46.2 Å². The maximum atomic E-state index is 6.18. The fraction of sp³-hybridized carbons (Fsp3) is 0.200. The molecule has 0 bridgehead atoms. The van der Waals surface area contributed by atoms with Gasteiger partial charge in [0.05, 0.1) is 17.8 Å². The zero-order valence-corrected chi connectivity index (χ0v) is 24.7. The second-order valence-electron chi connectivity index (χ2n) is 10.5. The Bertz CT molecular complexity index is 1690. The van der Waals surface area contributed by atoms with E-state index in [1.54, 1.807) is 0 Å². The highest BCUT2D eigenvalue weighted by molar-refractivity contribution is 7.80. The predicted octanol–water partition coefficient (Wildman–Crippen LogP) is 8.33. The zero-order valence-electron chi connectivity index (χ0n) is 23.8. The molecule has 0 unspecified atom stereocenters. The van der Waals surface area contributed by atoms with Crippen LogP contribution in [0.15, 0.2) is 103 Å². The maximum absolute atomic E-state index is 6.18. The zero-order chi connectivity index (χ0) is 28.5. The molecule has 1 saturated heterocycles. The summed E-state index contributed by atoms with van der Waals surface area (Å²) in [6, 6.07) is 33.0. The lowest BCUT2D eigenvalue weighted by Gasteiger charge is -2.28. The van der Waals surface area contributed by atoms with E-state index in [0.717, 1.165) is 34.9 Å². The molecule has 5 nitrogen and oxygen atoms in total. The number of aromatic nitrogens is 2. The summed E-state index contributed by atoms with van der Waals surface area (Å²) in [7, 11) is 0. The maximum Gasteiger partial charge on any atom is 0.174 e. The summed E-state index contributed by atoms with van der Waals surface area (Å²) in [5.74, 6) is 1.64. The molecule has 1 fully saturated rings. The van der Waals surface area contributed by atoms with Crippen molar-refractivity contribution in [3.8, 4) is 17.2 Å². The van der Waals surface area contributed by atoms with Crippen LogP contribution < -0.4 is 15.0 Å². The van der Waals surface area contributed by atoms with Gasteiger partial charge < -0.3 is 19.5 Å². The van der Waals surface area contributed by atoms with Crippen LogP contribution in [0, 0.1) is 20.8 Å². The molecule has 6 heteroatoms. The van der Waals surface area contributed by atoms with Crippen LogP contribution in [0.1, 0.15) is 52.8 Å². The monoisotopic (exact) mass is 558 g/mol. The topological polar surface area (TPSA) is 42.3 Å². The number of nitrogens with zero attached hydrogens (tertiary/aromatic N) is 3. The highest BCUT2D eigenvalue weighted by Crippen LogP contribution is 2.44. The highest BCUT2D eigenvalue weighted by Gasteiger charge is 2.42. The summed E-state index contributed by atoms with van der Waals surface area (Å²) in [5, 5.41) is 4.28. The number of thiocarbonyl (C=S) groups is 1. The summed E-state index contributed by atoms with van der Waals surface area (Å²) in [5.41, 5.74) is 9.22. The first kappa shape index (κ1) is 26.8. The number of ether oxygens (including phenoxy) is 1. The van der Waals surface area contributed by atoms with E-state index < -0.39 is 0 Å². The van der Waals surface area contributed by atoms with Crippen molar-refractivity contribution in [1.82, 2.24) is 14.9 Å². The smallest absolute Gasteiger partial charge is 0.174 e. The largest absolute Gasteiger partial charge is 0.457 e. The lowest BCUT2D eigenvalue weighted by molar-refractivity contribution is 0.479. The fourth-order valence-corrected chi connectivity index (χ4v) is 6.25. The average Bonchev–Trinajstić information content (AvgIpc) is 3.49. The SMILES string of the molecule is CCc1ccccc1-n1c(C)cc([C@H]2[C@@H](c3ccccn3)NC(=S)N2c2ccc(Oc3ccccc3C)cc2)c1C. The van der Waals surface area contributed by atoms with Gasteiger partial charge in [-0.05, 0) is 111 Å². The number of anilines is 1. The van der Waals surface area contributed by atoms with Gasteiger partial charge in [0.25, 0.3) is 0 Å². The highest BCUT2D eigenvalue weighted by atomic mass is 32.1. The molecule has 1 aliphatic heterocycles. The van der Waals surface area contributed by atoms with Crippen molar-refractivity contribution in [1.29, 1.82) is 0 Å². The first-order valence-corrected chi connectivity index (χ1v) is 14.5. The van der Waals surface area contributed by atoms with E-state index in [-0.39, 0.29) is 12.1 Å². The van der Waals surface area contributed by atoms with Gasteiger partial charge in [-0.15, -0.1) is 0 Å². The van der Waals surface area contributed by atoms with Gasteiger partial charge in [0.2, 0.25) is 0 Å². The van der Waals surface area contributed by atoms with Gasteiger partial charge in [-0.3, -0.25) is 4.98 Å². The molecule has 1 N–H and O–H groups in total. The third-order valence-electron chi connectivity index (χ3n) is 7.94. The molecular weight excluding hydrogens is 524 g/mol. The van der Waals surface area contributed by atoms with E-state index in [0.29, 0.717) is 5.11 Å². The minimum Gasteiger partial charge on any atom is -0.457 e. The standard InChI is InChI=1S/C35H34N4OS/c1-5-26-13-7-8-15-31(26)38-24(3)22-29(25(38)4)34-33(30-14-10-11-21-36-30)37-35(41)39(34)27-17-19-28(20-18-27)40-32-16-9-6-12-23(32)2/h6-22,33-34H,5H2,1-4H3,(H,37,41)/t33-,34+/m1/s1. The molecule has 0 spiro atoms. The summed E-state index contributed by atoms with van der Waals surface area (Å²) < 4.78 is 8.56. The van der Waals surface area contributed by atoms with E-state index in [4.69, 9.17) is 21.9 Å². The van der Waals surface area contributed by atoms with Crippen LogP contribution in [0.2, 0.25) is 0 Å². The van der Waals surface area contributed by atoms with E-state index in [1.807, 2.05) is 48.7 Å². The third kappa shape index (κ3) is 5.00. The summed E-state index contributed by atoms with van der Waals surface area (Å²) >= 11 is 6.00. The predicted molar refractivity (Wildman–Crippen MR) is 170 cm³/mol. The van der Waals surface area contributed by atoms with Crippen molar-refractivity contribution < 1.29 is 4.74 Å². The number of hydrogen-bond donors (Lipinski definition) is 1. The van der Waals surface area contributed by atoms with E-state index in [9.17, 15) is 0 Å². The molecule has 0 saturated carbocycles. The Kier molecular flexibility index (Phi) is 7.33. The van der Waals surface area contributed by atoms with Crippen LogP contribution in [0.5, 0.6) is 11.5 Å². The normalized spacial score (nSPS) is 16.6. The lowest BCUT2D eigenvalue weighted by atomic mass is 9.96. The number of para-hydroxylation sites is 2. The van der Waals surface area contributed by atoms with E-state index >= 15 is 0 Å². The Hall–Kier alpha value is -4.42. The fourth-order valence-electron chi connectivity index (χ4n) is 5.91. The molecule has 0 aliphatic carbocycles. The molecule has 5 aromatic rings. The van der Waals surface area contributed by atoms with Gasteiger partial charge in [-0.25, -0.2) is 0 Å². The first-order chi connectivity index (χ1) is 20.0. The molecule has 6 rings (SSSR count). The van der Waals surface area contributed by atoms with Crippen molar-refractivity contribution in [3.05, 3.63) is 137 Å². The number of nitrogens with one attached hydrogen (secondary N) is 1. The Morgan fingerprint density at radius 1 is 0.878 bits per heavy atom. The molecular formula is C35H34N4OS. The number of benzene rings is 3. The van der Waals surface area contributed by atoms with E-state index in [1.165, 1.54) is 28.2 Å². The first-order valence-electron chi connectivity index (χ1n) is 14.1. The van der Waals surface area contributed by atoms with Crippen LogP contribution in [0.4, 0.5) is 5.69 Å². The van der Waals surface area contributed by atoms with Gasteiger partial charge in [0.1, 0.15) is 11.5 Å². The number of pyridine rings is 1. The second kappa shape index (κ2) is 11.2. The Morgan fingerprint density at radius 2 is 1.61 bits per heavy atom. The second-order valence-corrected chi connectivity index (χ2v) is 10.9. The molecule has 41 heavy (non-hydrogen) atoms. The molecule has 0 radical (unpaired) electrons. The molecule has 2 atom stereocenters. The van der Waals surface area contributed by atoms with Gasteiger partial charge in [-0.1, -0.05) is 49.4 Å². The molecule has 1 aliphatic rings. The molecule has 3 aromatic carbocycles. The summed E-state index contributed by atoms with van der Waals surface area (Å²) in [6.07, 6.45) is 2.81. The average molecular weight is 559 g/mol. The Labute approximate surface area is 247 Å². The van der Waals surface area contributed by atoms with Crippen molar-refractivity contribution in [2.75, 3.05) is 4.90 Å². The van der Waals surface area contributed by atoms with E-state index in [2.05, 4.69) is 97.1 Å². The quantitative estimate of drug-likeness (QED) is 0.203. The number of hydrogen-bond acceptors (Lipinski definition) is 3. The minimum absolute atomic E-state index is 0.0886. The summed E-state index contributed by atoms with van der Waals surface area (Å²) in [6.45, 7) is 8.65. The molecule has 0 amide bonds. The minimum atomic E-state index is -0.109. The van der Waals surface area contributed by atoms with Gasteiger partial charge in [-0.2, -0.15) is 0 Å². The van der Waals surface area contributed by atoms with Crippen LogP contribution in [-0.2, 0) is 6.42 Å². The van der Waals surface area contributed by atoms with Crippen LogP contribution in [0.25, 0.3) is 5.69 Å². The van der Waals surface area contributed by atoms with Crippen LogP contribution in [-0.4, -0.2) is 14.7 Å².